The quantitative estimate of drug-likeness (QED) is 0.101. The van der Waals surface area contributed by atoms with Crippen LogP contribution < -0.4 is 16.0 Å². The second-order valence-corrected chi connectivity index (χ2v) is 8.32. The summed E-state index contributed by atoms with van der Waals surface area (Å²) >= 11 is 6.37. The average Bonchev–Trinajstić information content (AvgIpc) is 3.13. The Kier molecular flexibility index (Phi) is 7.88. The van der Waals surface area contributed by atoms with Crippen molar-refractivity contribution in [3.63, 3.8) is 0 Å². The van der Waals surface area contributed by atoms with E-state index in [1.54, 1.807) is 0 Å². The smallest absolute Gasteiger partial charge is 0.362 e. The van der Waals surface area contributed by atoms with Crippen LogP contribution in [-0.4, -0.2) is 83.2 Å². The fourth-order valence-corrected chi connectivity index (χ4v) is 4.17. The Labute approximate surface area is 184 Å². The SMILES string of the molecule is CO/N=C(\C(=O)N[C@H]1C(=O)N(S(=O)(=O)O)[C@H]1CNC(C)=O)c1csc(NC(=O)CCl)n1. The van der Waals surface area contributed by atoms with E-state index in [0.717, 1.165) is 25.4 Å². The van der Waals surface area contributed by atoms with Gasteiger partial charge in [0.15, 0.2) is 10.8 Å². The van der Waals surface area contributed by atoms with Gasteiger partial charge >= 0.3 is 10.3 Å². The number of hydrogen-bond acceptors (Lipinski definition) is 10. The van der Waals surface area contributed by atoms with Crippen LogP contribution in [0.4, 0.5) is 5.13 Å². The third-order valence-electron chi connectivity index (χ3n) is 3.78. The fraction of sp³-hybridized carbons (Fsp3) is 0.429. The molecule has 31 heavy (non-hydrogen) atoms. The Morgan fingerprint density at radius 3 is 2.65 bits per heavy atom. The predicted octanol–water partition coefficient (Wildman–Crippen LogP) is -1.69. The van der Waals surface area contributed by atoms with E-state index in [9.17, 15) is 32.1 Å². The lowest BCUT2D eigenvalue weighted by atomic mass is 9.98. The third-order valence-corrected chi connectivity index (χ3v) is 5.73. The molecule has 1 aromatic rings. The summed E-state index contributed by atoms with van der Waals surface area (Å²) in [6, 6.07) is -2.66. The molecule has 4 N–H and O–H groups in total. The molecule has 0 radical (unpaired) electrons. The van der Waals surface area contributed by atoms with Crippen molar-refractivity contribution in [1.29, 1.82) is 0 Å². The lowest BCUT2D eigenvalue weighted by Crippen LogP contribution is -2.74. The number of carbonyl (C=O) groups excluding carboxylic acids is 4. The van der Waals surface area contributed by atoms with E-state index in [0.29, 0.717) is 0 Å². The van der Waals surface area contributed by atoms with Crippen molar-refractivity contribution in [2.24, 2.45) is 5.16 Å². The Balaban J connectivity index is 2.21. The first-order chi connectivity index (χ1) is 14.5. The second-order valence-electron chi connectivity index (χ2n) is 5.91. The molecule has 1 saturated heterocycles. The third kappa shape index (κ3) is 5.87. The molecule has 1 aromatic heterocycles. The molecule has 0 spiro atoms. The van der Waals surface area contributed by atoms with E-state index in [4.69, 9.17) is 11.6 Å². The molecule has 2 atom stereocenters. The van der Waals surface area contributed by atoms with Crippen LogP contribution in [0.2, 0.25) is 0 Å². The number of aromatic nitrogens is 1. The van der Waals surface area contributed by atoms with Crippen molar-refractivity contribution in [3.05, 3.63) is 11.1 Å². The van der Waals surface area contributed by atoms with Gasteiger partial charge in [0, 0.05) is 18.8 Å². The van der Waals surface area contributed by atoms with Gasteiger partial charge in [0.2, 0.25) is 11.8 Å². The molecular formula is C14H17ClN6O8S2. The van der Waals surface area contributed by atoms with Crippen LogP contribution in [0.25, 0.3) is 0 Å². The van der Waals surface area contributed by atoms with E-state index in [-0.39, 0.29) is 33.3 Å². The maximum Gasteiger partial charge on any atom is 0.362 e. The van der Waals surface area contributed by atoms with Crippen LogP contribution in [0.1, 0.15) is 12.6 Å². The van der Waals surface area contributed by atoms with Gasteiger partial charge < -0.3 is 20.8 Å². The van der Waals surface area contributed by atoms with Gasteiger partial charge in [-0.05, 0) is 0 Å². The molecule has 0 aromatic carbocycles. The Bertz CT molecular complexity index is 1030. The minimum absolute atomic E-state index is 0.00829. The molecule has 1 aliphatic heterocycles. The Morgan fingerprint density at radius 1 is 1.42 bits per heavy atom. The number of hydrogen-bond donors (Lipinski definition) is 4. The lowest BCUT2D eigenvalue weighted by molar-refractivity contribution is -0.145. The van der Waals surface area contributed by atoms with Crippen molar-refractivity contribution in [3.8, 4) is 0 Å². The number of carbonyl (C=O) groups is 4. The molecule has 0 saturated carbocycles. The summed E-state index contributed by atoms with van der Waals surface area (Å²) in [5, 5.41) is 12.0. The molecule has 0 unspecified atom stereocenters. The van der Waals surface area contributed by atoms with Gasteiger partial charge in [-0.1, -0.05) is 5.16 Å². The van der Waals surface area contributed by atoms with E-state index < -0.39 is 46.0 Å². The van der Waals surface area contributed by atoms with Crippen molar-refractivity contribution in [2.45, 2.75) is 19.0 Å². The normalized spacial score (nSPS) is 18.8. The molecule has 2 heterocycles. The number of β-lactam (4-membered cyclic amide) rings is 1. The topological polar surface area (TPSA) is 196 Å². The monoisotopic (exact) mass is 496 g/mol. The zero-order valence-electron chi connectivity index (χ0n) is 16.0. The minimum Gasteiger partial charge on any atom is -0.398 e. The van der Waals surface area contributed by atoms with Gasteiger partial charge in [0.1, 0.15) is 24.7 Å². The molecule has 1 aliphatic rings. The van der Waals surface area contributed by atoms with Crippen LogP contribution in [0.3, 0.4) is 0 Å². The molecule has 1 fully saturated rings. The zero-order chi connectivity index (χ0) is 23.3. The summed E-state index contributed by atoms with van der Waals surface area (Å²) in [5.41, 5.74) is -0.382. The summed E-state index contributed by atoms with van der Waals surface area (Å²) < 4.78 is 32.2. The summed E-state index contributed by atoms with van der Waals surface area (Å²) in [6.07, 6.45) is 0. The first-order valence-corrected chi connectivity index (χ1v) is 11.1. The highest BCUT2D eigenvalue weighted by atomic mass is 35.5. The van der Waals surface area contributed by atoms with Gasteiger partial charge in [0.25, 0.3) is 11.8 Å². The average molecular weight is 497 g/mol. The molecule has 0 aliphatic carbocycles. The van der Waals surface area contributed by atoms with Gasteiger partial charge in [-0.3, -0.25) is 23.7 Å². The number of anilines is 1. The molecule has 17 heteroatoms. The van der Waals surface area contributed by atoms with Crippen LogP contribution in [0, 0.1) is 0 Å². The molecular weight excluding hydrogens is 480 g/mol. The van der Waals surface area contributed by atoms with Gasteiger partial charge in [0.05, 0.1) is 6.04 Å². The number of thiazole rings is 1. The number of amides is 4. The molecule has 0 bridgehead atoms. The number of oxime groups is 1. The van der Waals surface area contributed by atoms with Crippen LogP contribution >= 0.6 is 22.9 Å². The standard InChI is InChI=1S/C14H17ClN6O8S2/c1-6(22)16-4-8-11(13(25)21(8)31(26,27)28)19-12(24)10(20-29-2)7-5-30-14(17-7)18-9(23)3-15/h5,8,11H,3-4H2,1-2H3,(H,16,22)(H,19,24)(H,17,18,23)(H,26,27,28)/b20-10-/t8-,11+/m0/s1. The Morgan fingerprint density at radius 2 is 2.10 bits per heavy atom. The highest BCUT2D eigenvalue weighted by Crippen LogP contribution is 2.24. The number of rotatable bonds is 9. The van der Waals surface area contributed by atoms with Gasteiger partial charge in [-0.15, -0.1) is 22.9 Å². The first-order valence-electron chi connectivity index (χ1n) is 8.28. The minimum atomic E-state index is -4.91. The maximum atomic E-state index is 12.7. The van der Waals surface area contributed by atoms with Crippen LogP contribution in [0.5, 0.6) is 0 Å². The first kappa shape index (κ1) is 24.4. The molecule has 14 nitrogen and oxygen atoms in total. The maximum absolute atomic E-state index is 12.7. The summed E-state index contributed by atoms with van der Waals surface area (Å²) in [5.74, 6) is -3.42. The summed E-state index contributed by atoms with van der Waals surface area (Å²) in [7, 11) is -3.75. The van der Waals surface area contributed by atoms with Crippen molar-refractivity contribution < 1.29 is 37.0 Å². The lowest BCUT2D eigenvalue weighted by Gasteiger charge is -2.44. The number of halogens is 1. The van der Waals surface area contributed by atoms with Crippen LogP contribution in [-0.2, 0) is 34.3 Å². The van der Waals surface area contributed by atoms with E-state index in [1.165, 1.54) is 5.38 Å². The number of nitrogens with one attached hydrogen (secondary N) is 3. The van der Waals surface area contributed by atoms with Gasteiger partial charge in [-0.2, -0.15) is 8.42 Å². The highest BCUT2D eigenvalue weighted by Gasteiger charge is 2.54. The van der Waals surface area contributed by atoms with Crippen LogP contribution in [0.15, 0.2) is 10.5 Å². The summed E-state index contributed by atoms with van der Waals surface area (Å²) in [6.45, 7) is 0.811. The largest absolute Gasteiger partial charge is 0.398 e. The van der Waals surface area contributed by atoms with E-state index in [1.807, 2.05) is 0 Å². The number of alkyl halides is 1. The number of nitrogens with zero attached hydrogens (tertiary/aromatic N) is 3. The second kappa shape index (κ2) is 9.99. The van der Waals surface area contributed by atoms with Gasteiger partial charge in [-0.25, -0.2) is 9.29 Å². The molecule has 4 amide bonds. The van der Waals surface area contributed by atoms with Crippen molar-refractivity contribution in [1.82, 2.24) is 19.9 Å². The van der Waals surface area contributed by atoms with Crippen molar-refractivity contribution >= 4 is 67.7 Å². The molecule has 2 rings (SSSR count). The summed E-state index contributed by atoms with van der Waals surface area (Å²) in [4.78, 5) is 56.0. The molecule has 170 valence electrons. The zero-order valence-corrected chi connectivity index (χ0v) is 18.4. The predicted molar refractivity (Wildman–Crippen MR) is 108 cm³/mol. The van der Waals surface area contributed by atoms with E-state index >= 15 is 0 Å². The highest BCUT2D eigenvalue weighted by molar-refractivity contribution is 7.84. The Hall–Kier alpha value is -2.82. The van der Waals surface area contributed by atoms with E-state index in [2.05, 4.69) is 30.9 Å². The van der Waals surface area contributed by atoms with Crippen molar-refractivity contribution in [2.75, 3.05) is 24.9 Å². The fourth-order valence-electron chi connectivity index (χ4n) is 2.51.